The van der Waals surface area contributed by atoms with Crippen molar-refractivity contribution < 1.29 is 13.2 Å². The van der Waals surface area contributed by atoms with Crippen molar-refractivity contribution >= 4 is 27.5 Å². The van der Waals surface area contributed by atoms with Crippen LogP contribution in [0.5, 0.6) is 0 Å². The van der Waals surface area contributed by atoms with E-state index in [0.717, 1.165) is 5.69 Å². The lowest BCUT2D eigenvalue weighted by molar-refractivity contribution is -0.129. The number of carbonyl (C=O) groups is 1. The zero-order chi connectivity index (χ0) is 17.9. The maximum atomic E-state index is 12.6. The maximum absolute atomic E-state index is 12.6. The Kier molecular flexibility index (Phi) is 5.43. The van der Waals surface area contributed by atoms with Gasteiger partial charge in [0.25, 0.3) is 0 Å². The van der Waals surface area contributed by atoms with Crippen LogP contribution >= 0.6 is 11.8 Å². The minimum Gasteiger partial charge on any atom is -0.338 e. The summed E-state index contributed by atoms with van der Waals surface area (Å²) in [6, 6.07) is 9.45. The number of sulfone groups is 1. The number of carbonyl (C=O) groups excluding carboxylic acids is 1. The lowest BCUT2D eigenvalue weighted by Gasteiger charge is -2.26. The molecule has 1 amide bonds. The van der Waals surface area contributed by atoms with Gasteiger partial charge in [-0.1, -0.05) is 30.0 Å². The number of hydrogen-bond donors (Lipinski definition) is 0. The topological polar surface area (TPSA) is 85.2 Å². The standard InChI is InChI=1S/C16H20N4O3S2/c1-2-19(14-8-9-25(22,23)11-14)15(21)10-24-16-18-17-12-20(16)13-6-4-3-5-7-13/h3-7,12,14H,2,8-11H2,1H3/t14-/m0/s1. The largest absolute Gasteiger partial charge is 0.338 e. The first kappa shape index (κ1) is 17.9. The van der Waals surface area contributed by atoms with Crippen LogP contribution < -0.4 is 0 Å². The first-order valence-electron chi connectivity index (χ1n) is 8.08. The fourth-order valence-electron chi connectivity index (χ4n) is 2.96. The number of amides is 1. The van der Waals surface area contributed by atoms with Crippen LogP contribution in [0.3, 0.4) is 0 Å². The number of nitrogens with zero attached hydrogens (tertiary/aromatic N) is 4. The third-order valence-corrected chi connectivity index (χ3v) is 6.86. The number of rotatable bonds is 6. The number of benzene rings is 1. The van der Waals surface area contributed by atoms with E-state index in [2.05, 4.69) is 10.2 Å². The van der Waals surface area contributed by atoms with Gasteiger partial charge in [0, 0.05) is 18.3 Å². The summed E-state index contributed by atoms with van der Waals surface area (Å²) in [6.45, 7) is 2.38. The number of aromatic nitrogens is 3. The van der Waals surface area contributed by atoms with Gasteiger partial charge in [-0.15, -0.1) is 10.2 Å². The van der Waals surface area contributed by atoms with E-state index < -0.39 is 9.84 Å². The smallest absolute Gasteiger partial charge is 0.233 e. The van der Waals surface area contributed by atoms with Crippen molar-refractivity contribution in [2.24, 2.45) is 0 Å². The summed E-state index contributed by atoms with van der Waals surface area (Å²) in [6.07, 6.45) is 2.13. The average molecular weight is 380 g/mol. The molecule has 0 bridgehead atoms. The van der Waals surface area contributed by atoms with E-state index >= 15 is 0 Å². The molecule has 0 radical (unpaired) electrons. The van der Waals surface area contributed by atoms with E-state index in [1.54, 1.807) is 11.2 Å². The van der Waals surface area contributed by atoms with Gasteiger partial charge < -0.3 is 4.90 Å². The first-order valence-corrected chi connectivity index (χ1v) is 10.9. The second-order valence-corrected chi connectivity index (χ2v) is 9.02. The van der Waals surface area contributed by atoms with E-state index in [1.165, 1.54) is 11.8 Å². The lowest BCUT2D eigenvalue weighted by atomic mass is 10.2. The van der Waals surface area contributed by atoms with Gasteiger partial charge >= 0.3 is 0 Å². The molecule has 0 N–H and O–H groups in total. The molecule has 9 heteroatoms. The summed E-state index contributed by atoms with van der Waals surface area (Å²) in [5.41, 5.74) is 0.927. The Hall–Kier alpha value is -1.87. The molecular formula is C16H20N4O3S2. The fourth-order valence-corrected chi connectivity index (χ4v) is 5.50. The summed E-state index contributed by atoms with van der Waals surface area (Å²) in [7, 11) is -3.01. The van der Waals surface area contributed by atoms with Gasteiger partial charge in [-0.3, -0.25) is 9.36 Å². The fraction of sp³-hybridized carbons (Fsp3) is 0.438. The van der Waals surface area contributed by atoms with Crippen molar-refractivity contribution in [2.45, 2.75) is 24.5 Å². The van der Waals surface area contributed by atoms with Gasteiger partial charge in [-0.05, 0) is 25.5 Å². The van der Waals surface area contributed by atoms with E-state index in [0.29, 0.717) is 18.1 Å². The highest BCUT2D eigenvalue weighted by atomic mass is 32.2. The van der Waals surface area contributed by atoms with Gasteiger partial charge in [0.1, 0.15) is 6.33 Å². The number of para-hydroxylation sites is 1. The van der Waals surface area contributed by atoms with E-state index in [4.69, 9.17) is 0 Å². The van der Waals surface area contributed by atoms with Crippen LogP contribution in [-0.4, -0.2) is 63.8 Å². The van der Waals surface area contributed by atoms with Crippen LogP contribution in [0.4, 0.5) is 0 Å². The zero-order valence-electron chi connectivity index (χ0n) is 13.9. The summed E-state index contributed by atoms with van der Waals surface area (Å²) < 4.78 is 25.2. The summed E-state index contributed by atoms with van der Waals surface area (Å²) in [5.74, 6) is 0.363. The van der Waals surface area contributed by atoms with E-state index in [1.807, 2.05) is 41.8 Å². The Balaban J connectivity index is 1.66. The molecule has 25 heavy (non-hydrogen) atoms. The summed E-state index contributed by atoms with van der Waals surface area (Å²) in [4.78, 5) is 14.2. The van der Waals surface area contributed by atoms with Crippen LogP contribution in [0.1, 0.15) is 13.3 Å². The highest BCUT2D eigenvalue weighted by molar-refractivity contribution is 7.99. The molecule has 1 aromatic carbocycles. The predicted molar refractivity (Wildman–Crippen MR) is 96.5 cm³/mol. The molecule has 1 saturated heterocycles. The zero-order valence-corrected chi connectivity index (χ0v) is 15.5. The monoisotopic (exact) mass is 380 g/mol. The first-order chi connectivity index (χ1) is 12.0. The Morgan fingerprint density at radius 2 is 2.12 bits per heavy atom. The molecule has 7 nitrogen and oxygen atoms in total. The molecule has 0 unspecified atom stereocenters. The molecule has 2 heterocycles. The normalized spacial score (nSPS) is 19.0. The molecule has 0 saturated carbocycles. The van der Waals surface area contributed by atoms with Crippen LogP contribution in [0.25, 0.3) is 5.69 Å². The predicted octanol–water partition coefficient (Wildman–Crippen LogP) is 1.40. The lowest BCUT2D eigenvalue weighted by Crippen LogP contribution is -2.42. The molecule has 0 aliphatic carbocycles. The van der Waals surface area contributed by atoms with Crippen molar-refractivity contribution in [3.8, 4) is 5.69 Å². The van der Waals surface area contributed by atoms with Crippen molar-refractivity contribution in [3.05, 3.63) is 36.7 Å². The van der Waals surface area contributed by atoms with Crippen molar-refractivity contribution in [1.82, 2.24) is 19.7 Å². The van der Waals surface area contributed by atoms with Crippen molar-refractivity contribution in [3.63, 3.8) is 0 Å². The third-order valence-electron chi connectivity index (χ3n) is 4.19. The quantitative estimate of drug-likeness (QED) is 0.704. The number of thioether (sulfide) groups is 1. The van der Waals surface area contributed by atoms with Gasteiger partial charge in [0.15, 0.2) is 15.0 Å². The third kappa shape index (κ3) is 4.21. The molecular weight excluding hydrogens is 360 g/mol. The molecule has 1 aliphatic heterocycles. The molecule has 3 rings (SSSR count). The highest BCUT2D eigenvalue weighted by Crippen LogP contribution is 2.22. The SMILES string of the molecule is CCN(C(=O)CSc1nncn1-c1ccccc1)[C@H]1CCS(=O)(=O)C1. The Morgan fingerprint density at radius 3 is 2.76 bits per heavy atom. The van der Waals surface area contributed by atoms with Crippen molar-refractivity contribution in [2.75, 3.05) is 23.8 Å². The van der Waals surface area contributed by atoms with E-state index in [-0.39, 0.29) is 29.2 Å². The van der Waals surface area contributed by atoms with Crippen LogP contribution in [0, 0.1) is 0 Å². The summed E-state index contributed by atoms with van der Waals surface area (Å²) >= 11 is 1.31. The Labute approximate surface area is 151 Å². The molecule has 134 valence electrons. The molecule has 1 aromatic heterocycles. The second kappa shape index (κ2) is 7.57. The minimum absolute atomic E-state index is 0.0669. The maximum Gasteiger partial charge on any atom is 0.233 e. The highest BCUT2D eigenvalue weighted by Gasteiger charge is 2.33. The van der Waals surface area contributed by atoms with Gasteiger partial charge in [0.2, 0.25) is 5.91 Å². The Bertz CT molecular complexity index is 836. The minimum atomic E-state index is -3.01. The Morgan fingerprint density at radius 1 is 1.36 bits per heavy atom. The second-order valence-electron chi connectivity index (χ2n) is 5.84. The average Bonchev–Trinajstić information content (AvgIpc) is 3.21. The van der Waals surface area contributed by atoms with E-state index in [9.17, 15) is 13.2 Å². The molecule has 2 aromatic rings. The molecule has 0 spiro atoms. The van der Waals surface area contributed by atoms with Gasteiger partial charge in [-0.25, -0.2) is 8.42 Å². The summed E-state index contributed by atoms with van der Waals surface area (Å²) in [5, 5.41) is 8.64. The van der Waals surface area contributed by atoms with Crippen LogP contribution in [0.15, 0.2) is 41.8 Å². The number of hydrogen-bond acceptors (Lipinski definition) is 6. The van der Waals surface area contributed by atoms with Gasteiger partial charge in [-0.2, -0.15) is 0 Å². The molecule has 1 atom stereocenters. The van der Waals surface area contributed by atoms with Gasteiger partial charge in [0.05, 0.1) is 17.3 Å². The molecule has 1 aliphatic rings. The van der Waals surface area contributed by atoms with Crippen LogP contribution in [-0.2, 0) is 14.6 Å². The van der Waals surface area contributed by atoms with Crippen LogP contribution in [0.2, 0.25) is 0 Å². The molecule has 1 fully saturated rings. The van der Waals surface area contributed by atoms with Crippen molar-refractivity contribution in [1.29, 1.82) is 0 Å².